The van der Waals surface area contributed by atoms with Gasteiger partial charge in [0.2, 0.25) is 0 Å². The second-order valence-electron chi connectivity index (χ2n) is 3.07. The molecule has 0 aromatic rings. The smallest absolute Gasteiger partial charge is 0.0276 e. The molecule has 1 saturated carbocycles. The predicted octanol–water partition coefficient (Wildman–Crippen LogP) is 3.48. The van der Waals surface area contributed by atoms with E-state index in [0.29, 0.717) is 0 Å². The van der Waals surface area contributed by atoms with Crippen LogP contribution in [-0.2, 0) is 0 Å². The summed E-state index contributed by atoms with van der Waals surface area (Å²) in [6.45, 7) is 0. The zero-order valence-electron chi connectivity index (χ0n) is 6.73. The van der Waals surface area contributed by atoms with E-state index in [4.69, 9.17) is 0 Å². The molecule has 57 valence electrons. The van der Waals surface area contributed by atoms with Crippen LogP contribution in [0.1, 0.15) is 51.4 Å². The molecule has 0 unspecified atom stereocenters. The molecule has 0 heterocycles. The van der Waals surface area contributed by atoms with Crippen LogP contribution in [0.2, 0.25) is 0 Å². The summed E-state index contributed by atoms with van der Waals surface area (Å²) >= 11 is 0. The normalized spacial score (nSPS) is 22.4. The molecule has 0 heteroatoms. The minimum atomic E-state index is 1.19. The molecule has 0 aromatic carbocycles. The van der Waals surface area contributed by atoms with Gasteiger partial charge in [0.1, 0.15) is 0 Å². The Bertz CT molecular complexity index is 74.6. The Hall–Kier alpha value is -0.260. The van der Waals surface area contributed by atoms with Crippen LogP contribution in [0.4, 0.5) is 0 Å². The molecule has 0 atom stereocenters. The third-order valence-electron chi connectivity index (χ3n) is 2.06. The summed E-state index contributed by atoms with van der Waals surface area (Å²) in [4.78, 5) is 0. The number of hydrogen-bond acceptors (Lipinski definition) is 0. The van der Waals surface area contributed by atoms with E-state index in [0.717, 1.165) is 0 Å². The Balaban J connectivity index is 0.0000001000. The zero-order valence-corrected chi connectivity index (χ0v) is 6.73. The van der Waals surface area contributed by atoms with Gasteiger partial charge in [-0.1, -0.05) is 38.2 Å². The first-order valence-electron chi connectivity index (χ1n) is 4.55. The van der Waals surface area contributed by atoms with Gasteiger partial charge in [-0.05, 0) is 25.3 Å². The first kappa shape index (κ1) is 7.84. The monoisotopic (exact) mass is 137 g/mol. The van der Waals surface area contributed by atoms with Crippen molar-refractivity contribution in [3.05, 3.63) is 12.2 Å². The second kappa shape index (κ2) is 5.52. The van der Waals surface area contributed by atoms with E-state index >= 15 is 0 Å². The maximum absolute atomic E-state index is 3.10. The van der Waals surface area contributed by atoms with E-state index in [1.54, 1.807) is 0 Å². The summed E-state index contributed by atoms with van der Waals surface area (Å²) in [5, 5.41) is 0. The Morgan fingerprint density at radius 1 is 0.800 bits per heavy atom. The molecule has 0 nitrogen and oxygen atoms in total. The lowest BCUT2D eigenvalue weighted by molar-refractivity contribution is 0.886. The van der Waals surface area contributed by atoms with Crippen LogP contribution in [0.25, 0.3) is 0 Å². The number of rotatable bonds is 0. The first-order chi connectivity index (χ1) is 5.00. The summed E-state index contributed by atoms with van der Waals surface area (Å²) in [6.07, 6.45) is 16.5. The Kier molecular flexibility index (Phi) is 4.33. The van der Waals surface area contributed by atoms with Crippen molar-refractivity contribution in [3.63, 3.8) is 0 Å². The number of hydrogen-bond donors (Lipinski definition) is 0. The van der Waals surface area contributed by atoms with Crippen molar-refractivity contribution in [1.82, 2.24) is 0 Å². The molecule has 2 aliphatic carbocycles. The lowest BCUT2D eigenvalue weighted by atomic mass is 10.4. The van der Waals surface area contributed by atoms with Crippen molar-refractivity contribution in [3.8, 4) is 0 Å². The minimum Gasteiger partial charge on any atom is -0.0810 e. The topological polar surface area (TPSA) is 0 Å². The molecule has 0 saturated heterocycles. The van der Waals surface area contributed by atoms with Crippen molar-refractivity contribution in [1.29, 1.82) is 0 Å². The average Bonchev–Trinajstić information content (AvgIpc) is 2.67. The van der Waals surface area contributed by atoms with E-state index < -0.39 is 0 Å². The van der Waals surface area contributed by atoms with Gasteiger partial charge in [-0.25, -0.2) is 0 Å². The largest absolute Gasteiger partial charge is 0.0810 e. The standard InChI is InChI=1S/C5H10.C5H7/c2*1-2-4-5-3-1/h1-5H2;1H,2,4-5H2. The molecule has 0 bridgehead atoms. The highest BCUT2D eigenvalue weighted by Gasteiger charge is 1.95. The molecule has 10 heavy (non-hydrogen) atoms. The van der Waals surface area contributed by atoms with Crippen LogP contribution in [0.3, 0.4) is 0 Å². The van der Waals surface area contributed by atoms with Crippen LogP contribution in [0, 0.1) is 6.08 Å². The van der Waals surface area contributed by atoms with Crippen LogP contribution >= 0.6 is 0 Å². The average molecular weight is 137 g/mol. The van der Waals surface area contributed by atoms with E-state index in [9.17, 15) is 0 Å². The van der Waals surface area contributed by atoms with Gasteiger partial charge in [0, 0.05) is 0 Å². The molecule has 1 radical (unpaired) electrons. The molecule has 1 fully saturated rings. The third kappa shape index (κ3) is 3.71. The molecule has 0 spiro atoms. The van der Waals surface area contributed by atoms with Crippen molar-refractivity contribution in [2.75, 3.05) is 0 Å². The Morgan fingerprint density at radius 2 is 1.40 bits per heavy atom. The highest BCUT2D eigenvalue weighted by Crippen LogP contribution is 2.15. The molecule has 0 aromatic heterocycles. The van der Waals surface area contributed by atoms with Crippen LogP contribution in [-0.4, -0.2) is 0 Å². The van der Waals surface area contributed by atoms with E-state index in [2.05, 4.69) is 12.2 Å². The maximum atomic E-state index is 3.10. The molecule has 0 aliphatic heterocycles. The fourth-order valence-corrected chi connectivity index (χ4v) is 1.39. The van der Waals surface area contributed by atoms with Gasteiger partial charge in [0.15, 0.2) is 0 Å². The number of allylic oxidation sites excluding steroid dienone is 2. The van der Waals surface area contributed by atoms with Gasteiger partial charge in [-0.3, -0.25) is 0 Å². The molecular formula is C10H17. The highest BCUT2D eigenvalue weighted by molar-refractivity contribution is 4.80. The van der Waals surface area contributed by atoms with Crippen LogP contribution in [0.5, 0.6) is 0 Å². The van der Waals surface area contributed by atoms with Crippen molar-refractivity contribution in [2.24, 2.45) is 0 Å². The van der Waals surface area contributed by atoms with E-state index in [1.807, 2.05) is 0 Å². The summed E-state index contributed by atoms with van der Waals surface area (Å²) in [6, 6.07) is 0. The summed E-state index contributed by atoms with van der Waals surface area (Å²) in [5.74, 6) is 0. The van der Waals surface area contributed by atoms with Crippen molar-refractivity contribution in [2.45, 2.75) is 51.4 Å². The second-order valence-corrected chi connectivity index (χ2v) is 3.07. The lowest BCUT2D eigenvalue weighted by Crippen LogP contribution is -1.50. The highest BCUT2D eigenvalue weighted by atomic mass is 14.0. The van der Waals surface area contributed by atoms with Gasteiger partial charge in [0.25, 0.3) is 0 Å². The Labute approximate surface area is 64.3 Å². The van der Waals surface area contributed by atoms with Crippen molar-refractivity contribution < 1.29 is 0 Å². The molecule has 2 aliphatic rings. The minimum absolute atomic E-state index is 1.19. The SMILES string of the molecule is C1CCCC1.[C]1=CCCC1. The molecule has 2 rings (SSSR count). The van der Waals surface area contributed by atoms with E-state index in [1.165, 1.54) is 51.4 Å². The fourth-order valence-electron chi connectivity index (χ4n) is 1.39. The van der Waals surface area contributed by atoms with Crippen LogP contribution < -0.4 is 0 Å². The van der Waals surface area contributed by atoms with Crippen LogP contribution in [0.15, 0.2) is 6.08 Å². The molecule has 0 amide bonds. The lowest BCUT2D eigenvalue weighted by Gasteiger charge is -1.68. The fraction of sp³-hybridized carbons (Fsp3) is 0.800. The maximum Gasteiger partial charge on any atom is -0.0276 e. The van der Waals surface area contributed by atoms with Gasteiger partial charge in [-0.2, -0.15) is 0 Å². The summed E-state index contributed by atoms with van der Waals surface area (Å²) < 4.78 is 0. The van der Waals surface area contributed by atoms with Gasteiger partial charge in [0.05, 0.1) is 0 Å². The zero-order chi connectivity index (χ0) is 7.07. The van der Waals surface area contributed by atoms with Gasteiger partial charge in [-0.15, -0.1) is 0 Å². The van der Waals surface area contributed by atoms with Gasteiger partial charge >= 0.3 is 0 Å². The Morgan fingerprint density at radius 3 is 1.60 bits per heavy atom. The van der Waals surface area contributed by atoms with E-state index in [-0.39, 0.29) is 0 Å². The predicted molar refractivity (Wildman–Crippen MR) is 44.7 cm³/mol. The quantitative estimate of drug-likeness (QED) is 0.479. The molecule has 0 N–H and O–H groups in total. The van der Waals surface area contributed by atoms with Crippen molar-refractivity contribution >= 4 is 0 Å². The molecular weight excluding hydrogens is 120 g/mol. The first-order valence-corrected chi connectivity index (χ1v) is 4.55. The summed E-state index contributed by atoms with van der Waals surface area (Å²) in [7, 11) is 0. The summed E-state index contributed by atoms with van der Waals surface area (Å²) in [5.41, 5.74) is 0. The van der Waals surface area contributed by atoms with Gasteiger partial charge < -0.3 is 0 Å². The third-order valence-corrected chi connectivity index (χ3v) is 2.06.